The Morgan fingerprint density at radius 3 is 2.62 bits per heavy atom. The minimum absolute atomic E-state index is 0.0314. The summed E-state index contributed by atoms with van der Waals surface area (Å²) in [7, 11) is 6.08. The predicted molar refractivity (Wildman–Crippen MR) is 89.1 cm³/mol. The second-order valence-corrected chi connectivity index (χ2v) is 6.31. The second-order valence-electron chi connectivity index (χ2n) is 6.31. The molecule has 2 N–H and O–H groups in total. The Hall–Kier alpha value is -1.26. The normalized spacial score (nSPS) is 18.5. The summed E-state index contributed by atoms with van der Waals surface area (Å²) in [6, 6.07) is 6.16. The molecule has 1 saturated heterocycles. The van der Waals surface area contributed by atoms with Crippen LogP contribution in [0.2, 0.25) is 0 Å². The van der Waals surface area contributed by atoms with Crippen LogP contribution >= 0.6 is 0 Å². The van der Waals surface area contributed by atoms with Crippen molar-refractivity contribution in [1.29, 1.82) is 0 Å². The third-order valence-electron chi connectivity index (χ3n) is 4.50. The third-order valence-corrected chi connectivity index (χ3v) is 4.50. The smallest absolute Gasteiger partial charge is 0.125 e. The summed E-state index contributed by atoms with van der Waals surface area (Å²) in [4.78, 5) is 4.76. The van der Waals surface area contributed by atoms with Crippen molar-refractivity contribution in [3.63, 3.8) is 0 Å². The van der Waals surface area contributed by atoms with Gasteiger partial charge >= 0.3 is 0 Å². The van der Waals surface area contributed by atoms with Crippen molar-refractivity contribution in [2.45, 2.75) is 25.8 Å². The van der Waals surface area contributed by atoms with Gasteiger partial charge in [0.15, 0.2) is 0 Å². The minimum atomic E-state index is -0.0314. The van der Waals surface area contributed by atoms with Gasteiger partial charge < -0.3 is 20.3 Å². The van der Waals surface area contributed by atoms with Crippen LogP contribution in [0.5, 0.6) is 5.75 Å². The van der Waals surface area contributed by atoms with E-state index in [-0.39, 0.29) is 6.04 Å². The summed E-state index contributed by atoms with van der Waals surface area (Å²) in [5, 5.41) is 0. The van der Waals surface area contributed by atoms with Crippen molar-refractivity contribution in [2.75, 3.05) is 45.7 Å². The van der Waals surface area contributed by atoms with Gasteiger partial charge in [0.25, 0.3) is 0 Å². The van der Waals surface area contributed by atoms with Crippen molar-refractivity contribution >= 4 is 5.69 Å². The van der Waals surface area contributed by atoms with Crippen LogP contribution in [0.1, 0.15) is 31.4 Å². The molecule has 0 aromatic heterocycles. The zero-order chi connectivity index (χ0) is 15.4. The van der Waals surface area contributed by atoms with Crippen LogP contribution in [0.15, 0.2) is 18.2 Å². The van der Waals surface area contributed by atoms with E-state index in [0.717, 1.165) is 23.8 Å². The Kier molecular flexibility index (Phi) is 5.48. The van der Waals surface area contributed by atoms with E-state index in [9.17, 15) is 0 Å². The molecule has 1 aromatic rings. The predicted octanol–water partition coefficient (Wildman–Crippen LogP) is 2.49. The topological polar surface area (TPSA) is 41.7 Å². The number of nitrogens with two attached hydrogens (primary N) is 1. The highest BCUT2D eigenvalue weighted by atomic mass is 16.5. The zero-order valence-electron chi connectivity index (χ0n) is 13.8. The molecule has 0 unspecified atom stereocenters. The molecule has 1 heterocycles. The molecule has 1 aliphatic rings. The van der Waals surface area contributed by atoms with Crippen LogP contribution in [-0.2, 0) is 0 Å². The Morgan fingerprint density at radius 2 is 2.05 bits per heavy atom. The molecule has 4 nitrogen and oxygen atoms in total. The quantitative estimate of drug-likeness (QED) is 0.905. The van der Waals surface area contributed by atoms with Gasteiger partial charge in [-0.3, -0.25) is 0 Å². The van der Waals surface area contributed by atoms with Crippen LogP contribution in [0.25, 0.3) is 0 Å². The number of ether oxygens (including phenoxy) is 1. The molecule has 0 radical (unpaired) electrons. The molecule has 0 spiro atoms. The van der Waals surface area contributed by atoms with Gasteiger partial charge in [0.05, 0.1) is 7.11 Å². The number of methoxy groups -OCH3 is 1. The Bertz CT molecular complexity index is 453. The zero-order valence-corrected chi connectivity index (χ0v) is 13.8. The van der Waals surface area contributed by atoms with Crippen LogP contribution in [0.3, 0.4) is 0 Å². The monoisotopic (exact) mass is 291 g/mol. The van der Waals surface area contributed by atoms with E-state index in [1.54, 1.807) is 7.11 Å². The number of piperidine rings is 1. The lowest BCUT2D eigenvalue weighted by Crippen LogP contribution is -2.36. The van der Waals surface area contributed by atoms with Crippen molar-refractivity contribution in [3.8, 4) is 5.75 Å². The van der Waals surface area contributed by atoms with Crippen LogP contribution in [-0.4, -0.2) is 45.7 Å². The maximum absolute atomic E-state index is 6.17. The van der Waals surface area contributed by atoms with Crippen molar-refractivity contribution in [1.82, 2.24) is 4.90 Å². The fourth-order valence-corrected chi connectivity index (χ4v) is 3.23. The van der Waals surface area contributed by atoms with Gasteiger partial charge in [-0.25, -0.2) is 0 Å². The molecule has 4 heteroatoms. The molecular formula is C17H29N3O. The minimum Gasteiger partial charge on any atom is -0.496 e. The molecule has 118 valence electrons. The van der Waals surface area contributed by atoms with Crippen LogP contribution in [0.4, 0.5) is 5.69 Å². The fourth-order valence-electron chi connectivity index (χ4n) is 3.23. The van der Waals surface area contributed by atoms with Crippen LogP contribution in [0, 0.1) is 5.92 Å². The molecule has 21 heavy (non-hydrogen) atoms. The van der Waals surface area contributed by atoms with Crippen molar-refractivity contribution in [3.05, 3.63) is 23.8 Å². The lowest BCUT2D eigenvalue weighted by molar-refractivity contribution is 0.222. The number of rotatable bonds is 5. The maximum atomic E-state index is 6.17. The third kappa shape index (κ3) is 3.89. The number of benzene rings is 1. The Morgan fingerprint density at radius 1 is 1.38 bits per heavy atom. The van der Waals surface area contributed by atoms with Crippen LogP contribution < -0.4 is 15.4 Å². The van der Waals surface area contributed by atoms with Gasteiger partial charge in [-0.2, -0.15) is 0 Å². The molecule has 1 atom stereocenters. The number of anilines is 1. The highest BCUT2D eigenvalue weighted by Crippen LogP contribution is 2.34. The molecule has 0 saturated carbocycles. The van der Waals surface area contributed by atoms with E-state index in [1.807, 2.05) is 19.1 Å². The van der Waals surface area contributed by atoms with Gasteiger partial charge in [0.2, 0.25) is 0 Å². The van der Waals surface area contributed by atoms with E-state index >= 15 is 0 Å². The van der Waals surface area contributed by atoms with E-state index in [2.05, 4.69) is 30.0 Å². The number of hydrogen-bond acceptors (Lipinski definition) is 4. The van der Waals surface area contributed by atoms with E-state index in [4.69, 9.17) is 10.5 Å². The average Bonchev–Trinajstić information content (AvgIpc) is 2.48. The molecule has 0 bridgehead atoms. The number of likely N-dealkylation sites (tertiary alicyclic amines) is 1. The van der Waals surface area contributed by atoms with Gasteiger partial charge in [-0.15, -0.1) is 0 Å². The lowest BCUT2D eigenvalue weighted by atomic mass is 9.96. The molecule has 2 rings (SSSR count). The fraction of sp³-hybridized carbons (Fsp3) is 0.647. The molecule has 1 aliphatic heterocycles. The summed E-state index contributed by atoms with van der Waals surface area (Å²) in [6.07, 6.45) is 2.55. The average molecular weight is 291 g/mol. The van der Waals surface area contributed by atoms with E-state index < -0.39 is 0 Å². The maximum Gasteiger partial charge on any atom is 0.125 e. The first-order valence-electron chi connectivity index (χ1n) is 7.85. The summed E-state index contributed by atoms with van der Waals surface area (Å²) in [6.45, 7) is 5.51. The molecular weight excluding hydrogens is 262 g/mol. The highest BCUT2D eigenvalue weighted by molar-refractivity contribution is 5.60. The first-order valence-corrected chi connectivity index (χ1v) is 7.85. The van der Waals surface area contributed by atoms with Crippen molar-refractivity contribution in [2.24, 2.45) is 11.7 Å². The SMILES string of the molecule is COc1cccc(N(C)CC2CCN(C)CC2)c1[C@@H](C)N. The van der Waals surface area contributed by atoms with Gasteiger partial charge in [-0.1, -0.05) is 6.07 Å². The van der Waals surface area contributed by atoms with E-state index in [0.29, 0.717) is 0 Å². The summed E-state index contributed by atoms with van der Waals surface area (Å²) >= 11 is 0. The summed E-state index contributed by atoms with van der Waals surface area (Å²) in [5.74, 6) is 1.65. The molecule has 1 aromatic carbocycles. The Labute approximate surface area is 128 Å². The van der Waals surface area contributed by atoms with Crippen molar-refractivity contribution < 1.29 is 4.74 Å². The Balaban J connectivity index is 2.13. The first kappa shape index (κ1) is 16.1. The van der Waals surface area contributed by atoms with Gasteiger partial charge in [-0.05, 0) is 58.0 Å². The lowest BCUT2D eigenvalue weighted by Gasteiger charge is -2.33. The summed E-state index contributed by atoms with van der Waals surface area (Å²) < 4.78 is 5.49. The first-order chi connectivity index (χ1) is 10.0. The second kappa shape index (κ2) is 7.14. The standard InChI is InChI=1S/C17H29N3O/c1-13(18)17-15(6-5-7-16(17)21-4)20(3)12-14-8-10-19(2)11-9-14/h5-7,13-14H,8-12,18H2,1-4H3/t13-/m1/s1. The number of hydrogen-bond donors (Lipinski definition) is 1. The van der Waals surface area contributed by atoms with Gasteiger partial charge in [0, 0.05) is 30.9 Å². The summed E-state index contributed by atoms with van der Waals surface area (Å²) in [5.41, 5.74) is 8.47. The number of nitrogens with zero attached hydrogens (tertiary/aromatic N) is 2. The molecule has 0 amide bonds. The van der Waals surface area contributed by atoms with Gasteiger partial charge in [0.1, 0.15) is 5.75 Å². The highest BCUT2D eigenvalue weighted by Gasteiger charge is 2.21. The molecule has 0 aliphatic carbocycles. The van der Waals surface area contributed by atoms with E-state index in [1.165, 1.54) is 31.6 Å². The molecule has 1 fully saturated rings. The largest absolute Gasteiger partial charge is 0.496 e.